The van der Waals surface area contributed by atoms with Crippen LogP contribution in [-0.2, 0) is 0 Å². The van der Waals surface area contributed by atoms with Crippen molar-refractivity contribution in [3.63, 3.8) is 0 Å². The molecule has 0 aliphatic heterocycles. The molecule has 1 heterocycles. The van der Waals surface area contributed by atoms with Crippen LogP contribution in [0.4, 0.5) is 0 Å². The topological polar surface area (TPSA) is 26.0 Å². The molecule has 0 saturated carbocycles. The number of benzene rings is 1. The third kappa shape index (κ3) is 2.20. The summed E-state index contributed by atoms with van der Waals surface area (Å²) in [5.74, 6) is 0.571. The van der Waals surface area contributed by atoms with E-state index in [2.05, 4.69) is 31.0 Å². The summed E-state index contributed by atoms with van der Waals surface area (Å²) in [6.45, 7) is 6.11. The van der Waals surface area contributed by atoms with Crippen molar-refractivity contribution in [2.75, 3.05) is 0 Å². The predicted octanol–water partition coefficient (Wildman–Crippen LogP) is 3.94. The smallest absolute Gasteiger partial charge is 0.181 e. The van der Waals surface area contributed by atoms with Gasteiger partial charge in [0.1, 0.15) is 5.52 Å². The molecular weight excluding hydrogens is 186 g/mol. The fourth-order valence-corrected chi connectivity index (χ4v) is 1.80. The number of hydrogen-bond donors (Lipinski definition) is 0. The Bertz CT molecular complexity index is 433. The van der Waals surface area contributed by atoms with Gasteiger partial charge in [-0.15, -0.1) is 0 Å². The molecule has 0 amide bonds. The second-order valence-corrected chi connectivity index (χ2v) is 3.98. The van der Waals surface area contributed by atoms with Gasteiger partial charge in [0.05, 0.1) is 0 Å². The Morgan fingerprint density at radius 3 is 3.13 bits per heavy atom. The number of aromatic nitrogens is 1. The van der Waals surface area contributed by atoms with Gasteiger partial charge in [0, 0.05) is 0 Å². The maximum atomic E-state index is 5.29. The molecule has 79 valence electrons. The van der Waals surface area contributed by atoms with Crippen molar-refractivity contribution >= 4 is 11.1 Å². The van der Waals surface area contributed by atoms with Crippen LogP contribution in [0.15, 0.2) is 29.0 Å². The third-order valence-electron chi connectivity index (χ3n) is 2.81. The van der Waals surface area contributed by atoms with E-state index in [0.29, 0.717) is 5.92 Å². The van der Waals surface area contributed by atoms with E-state index in [1.807, 2.05) is 6.07 Å². The van der Waals surface area contributed by atoms with Crippen molar-refractivity contribution in [3.05, 3.63) is 37.1 Å². The van der Waals surface area contributed by atoms with E-state index in [9.17, 15) is 0 Å². The number of nitrogens with zero attached hydrogens (tertiary/aromatic N) is 1. The highest BCUT2D eigenvalue weighted by atomic mass is 16.3. The minimum absolute atomic E-state index is 0.571. The molecular formula is C13H16NO. The van der Waals surface area contributed by atoms with E-state index < -0.39 is 0 Å². The molecule has 0 aliphatic carbocycles. The molecule has 1 radical (unpaired) electrons. The first-order valence-electron chi connectivity index (χ1n) is 5.43. The van der Waals surface area contributed by atoms with Crippen molar-refractivity contribution < 1.29 is 4.42 Å². The van der Waals surface area contributed by atoms with E-state index in [4.69, 9.17) is 4.42 Å². The van der Waals surface area contributed by atoms with Gasteiger partial charge in [-0.2, -0.15) is 0 Å². The van der Waals surface area contributed by atoms with Gasteiger partial charge < -0.3 is 4.42 Å². The van der Waals surface area contributed by atoms with Gasteiger partial charge in [0.25, 0.3) is 0 Å². The van der Waals surface area contributed by atoms with Gasteiger partial charge in [0.2, 0.25) is 0 Å². The zero-order valence-corrected chi connectivity index (χ0v) is 9.07. The standard InChI is InChI=1S/C13H16NO/c1-3-4-5-10(2)11-6-7-12-13(8-11)15-9-14-12/h6-10H,1,3-5H2,2H3. The number of oxazole rings is 1. The van der Waals surface area contributed by atoms with Crippen LogP contribution in [0.3, 0.4) is 0 Å². The molecule has 1 aromatic heterocycles. The molecule has 2 nitrogen and oxygen atoms in total. The highest BCUT2D eigenvalue weighted by Crippen LogP contribution is 2.24. The molecule has 2 aromatic rings. The molecule has 0 spiro atoms. The summed E-state index contributed by atoms with van der Waals surface area (Å²) >= 11 is 0. The molecule has 0 fully saturated rings. The highest BCUT2D eigenvalue weighted by molar-refractivity contribution is 5.72. The number of fused-ring (bicyclic) bond motifs is 1. The lowest BCUT2D eigenvalue weighted by atomic mass is 9.95. The van der Waals surface area contributed by atoms with Crippen LogP contribution in [0, 0.1) is 6.92 Å². The van der Waals surface area contributed by atoms with Gasteiger partial charge in [-0.3, -0.25) is 0 Å². The summed E-state index contributed by atoms with van der Waals surface area (Å²) in [6.07, 6.45) is 4.86. The molecule has 0 saturated heterocycles. The van der Waals surface area contributed by atoms with Crippen LogP contribution >= 0.6 is 0 Å². The quantitative estimate of drug-likeness (QED) is 0.750. The van der Waals surface area contributed by atoms with Crippen molar-refractivity contribution in [2.45, 2.75) is 32.1 Å². The number of hydrogen-bond acceptors (Lipinski definition) is 2. The monoisotopic (exact) mass is 202 g/mol. The van der Waals surface area contributed by atoms with Crippen LogP contribution in [0.5, 0.6) is 0 Å². The van der Waals surface area contributed by atoms with Gasteiger partial charge in [0.15, 0.2) is 12.0 Å². The maximum Gasteiger partial charge on any atom is 0.181 e. The zero-order chi connectivity index (χ0) is 10.7. The van der Waals surface area contributed by atoms with Crippen molar-refractivity contribution in [1.82, 2.24) is 4.98 Å². The Morgan fingerprint density at radius 1 is 1.47 bits per heavy atom. The van der Waals surface area contributed by atoms with Crippen LogP contribution in [0.25, 0.3) is 11.1 Å². The lowest BCUT2D eigenvalue weighted by Gasteiger charge is -2.10. The van der Waals surface area contributed by atoms with Crippen LogP contribution in [-0.4, -0.2) is 4.98 Å². The van der Waals surface area contributed by atoms with E-state index in [1.54, 1.807) is 0 Å². The molecule has 1 aromatic carbocycles. The third-order valence-corrected chi connectivity index (χ3v) is 2.81. The normalized spacial score (nSPS) is 13.2. The van der Waals surface area contributed by atoms with E-state index in [1.165, 1.54) is 24.8 Å². The first-order valence-corrected chi connectivity index (χ1v) is 5.43. The molecule has 2 rings (SSSR count). The molecule has 15 heavy (non-hydrogen) atoms. The van der Waals surface area contributed by atoms with E-state index in [0.717, 1.165) is 17.5 Å². The Labute approximate surface area is 90.3 Å². The summed E-state index contributed by atoms with van der Waals surface area (Å²) in [4.78, 5) is 4.10. The summed E-state index contributed by atoms with van der Waals surface area (Å²) in [5.41, 5.74) is 3.14. The number of unbranched alkanes of at least 4 members (excludes halogenated alkanes) is 1. The Balaban J connectivity index is 2.19. The predicted molar refractivity (Wildman–Crippen MR) is 61.6 cm³/mol. The average Bonchev–Trinajstić information content (AvgIpc) is 2.72. The van der Waals surface area contributed by atoms with E-state index in [-0.39, 0.29) is 0 Å². The minimum Gasteiger partial charge on any atom is -0.443 e. The summed E-state index contributed by atoms with van der Waals surface area (Å²) in [7, 11) is 0. The maximum absolute atomic E-state index is 5.29. The average molecular weight is 202 g/mol. The molecule has 0 aliphatic rings. The van der Waals surface area contributed by atoms with Gasteiger partial charge in [-0.25, -0.2) is 4.98 Å². The van der Waals surface area contributed by atoms with Crippen LogP contribution in [0.2, 0.25) is 0 Å². The minimum atomic E-state index is 0.571. The number of rotatable bonds is 4. The van der Waals surface area contributed by atoms with Crippen molar-refractivity contribution in [2.24, 2.45) is 0 Å². The zero-order valence-electron chi connectivity index (χ0n) is 9.07. The molecule has 0 bridgehead atoms. The molecule has 2 heteroatoms. The van der Waals surface area contributed by atoms with Gasteiger partial charge in [-0.05, 0) is 30.0 Å². The van der Waals surface area contributed by atoms with E-state index >= 15 is 0 Å². The second-order valence-electron chi connectivity index (χ2n) is 3.98. The van der Waals surface area contributed by atoms with Crippen LogP contribution < -0.4 is 0 Å². The molecule has 1 atom stereocenters. The van der Waals surface area contributed by atoms with Gasteiger partial charge in [-0.1, -0.05) is 32.8 Å². The van der Waals surface area contributed by atoms with Crippen molar-refractivity contribution in [3.8, 4) is 0 Å². The summed E-state index contributed by atoms with van der Waals surface area (Å²) in [5, 5.41) is 0. The molecule has 1 unspecified atom stereocenters. The SMILES string of the molecule is [CH2]CCCC(C)c1ccc2ncoc2c1. The highest BCUT2D eigenvalue weighted by Gasteiger charge is 2.07. The summed E-state index contributed by atoms with van der Waals surface area (Å²) in [6, 6.07) is 6.25. The fourth-order valence-electron chi connectivity index (χ4n) is 1.80. The first kappa shape index (κ1) is 10.2. The first-order chi connectivity index (χ1) is 7.31. The lowest BCUT2D eigenvalue weighted by molar-refractivity contribution is 0.598. The van der Waals surface area contributed by atoms with Gasteiger partial charge >= 0.3 is 0 Å². The van der Waals surface area contributed by atoms with Crippen molar-refractivity contribution in [1.29, 1.82) is 0 Å². The lowest BCUT2D eigenvalue weighted by Crippen LogP contribution is -1.92. The Morgan fingerprint density at radius 2 is 2.33 bits per heavy atom. The Kier molecular flexibility index (Phi) is 3.05. The summed E-state index contributed by atoms with van der Waals surface area (Å²) < 4.78 is 5.29. The fraction of sp³-hybridized carbons (Fsp3) is 0.385. The second kappa shape index (κ2) is 4.47. The molecule has 0 N–H and O–H groups in total. The Hall–Kier alpha value is -1.31. The largest absolute Gasteiger partial charge is 0.443 e. The van der Waals surface area contributed by atoms with Crippen LogP contribution in [0.1, 0.15) is 37.7 Å².